The quantitative estimate of drug-likeness (QED) is 0.740. The Bertz CT molecular complexity index is 510. The third-order valence-corrected chi connectivity index (χ3v) is 2.59. The lowest BCUT2D eigenvalue weighted by Gasteiger charge is -2.18. The molecule has 1 aromatic heterocycles. The zero-order valence-corrected chi connectivity index (χ0v) is 10.9. The van der Waals surface area contributed by atoms with E-state index in [0.717, 1.165) is 22.8 Å². The van der Waals surface area contributed by atoms with Crippen molar-refractivity contribution in [2.45, 2.75) is 33.1 Å². The molecule has 0 amide bonds. The number of hydrogen-bond acceptors (Lipinski definition) is 2. The summed E-state index contributed by atoms with van der Waals surface area (Å²) in [5, 5.41) is 0. The summed E-state index contributed by atoms with van der Waals surface area (Å²) in [4.78, 5) is 9.18. The Morgan fingerprint density at radius 3 is 2.18 bits per heavy atom. The SMILES string of the molecule is Cc1cc(-c2ccccc2)nc(C(C)(C)C)n1. The monoisotopic (exact) mass is 226 g/mol. The molecule has 0 fully saturated rings. The molecule has 0 aliphatic carbocycles. The zero-order valence-electron chi connectivity index (χ0n) is 10.9. The van der Waals surface area contributed by atoms with Crippen molar-refractivity contribution in [1.82, 2.24) is 9.97 Å². The minimum Gasteiger partial charge on any atom is -0.238 e. The van der Waals surface area contributed by atoms with E-state index in [0.29, 0.717) is 0 Å². The van der Waals surface area contributed by atoms with Gasteiger partial charge in [-0.3, -0.25) is 0 Å². The second kappa shape index (κ2) is 4.28. The number of aromatic nitrogens is 2. The minimum absolute atomic E-state index is 0.0183. The molecule has 17 heavy (non-hydrogen) atoms. The van der Waals surface area contributed by atoms with E-state index in [-0.39, 0.29) is 5.41 Å². The molecule has 0 bridgehead atoms. The molecule has 0 unspecified atom stereocenters. The summed E-state index contributed by atoms with van der Waals surface area (Å²) in [6.07, 6.45) is 0. The Hall–Kier alpha value is -1.70. The maximum Gasteiger partial charge on any atom is 0.134 e. The molecular weight excluding hydrogens is 208 g/mol. The van der Waals surface area contributed by atoms with Crippen molar-refractivity contribution in [3.8, 4) is 11.3 Å². The highest BCUT2D eigenvalue weighted by molar-refractivity contribution is 5.59. The van der Waals surface area contributed by atoms with Gasteiger partial charge in [0.2, 0.25) is 0 Å². The molecule has 0 spiro atoms. The summed E-state index contributed by atoms with van der Waals surface area (Å²) in [6.45, 7) is 8.42. The van der Waals surface area contributed by atoms with Gasteiger partial charge in [0.25, 0.3) is 0 Å². The molecule has 0 radical (unpaired) electrons. The summed E-state index contributed by atoms with van der Waals surface area (Å²) in [5.74, 6) is 0.899. The van der Waals surface area contributed by atoms with Gasteiger partial charge >= 0.3 is 0 Å². The van der Waals surface area contributed by atoms with Crippen LogP contribution in [-0.4, -0.2) is 9.97 Å². The molecule has 0 atom stereocenters. The van der Waals surface area contributed by atoms with Gasteiger partial charge in [-0.25, -0.2) is 9.97 Å². The van der Waals surface area contributed by atoms with Gasteiger partial charge in [0.05, 0.1) is 5.69 Å². The van der Waals surface area contributed by atoms with Crippen LogP contribution in [0.15, 0.2) is 36.4 Å². The Morgan fingerprint density at radius 1 is 0.941 bits per heavy atom. The van der Waals surface area contributed by atoms with Gasteiger partial charge in [0.15, 0.2) is 0 Å². The van der Waals surface area contributed by atoms with Crippen molar-refractivity contribution in [3.05, 3.63) is 47.9 Å². The van der Waals surface area contributed by atoms with Crippen LogP contribution in [0.3, 0.4) is 0 Å². The van der Waals surface area contributed by atoms with Crippen LogP contribution in [0.2, 0.25) is 0 Å². The largest absolute Gasteiger partial charge is 0.238 e. The summed E-state index contributed by atoms with van der Waals surface area (Å²) >= 11 is 0. The second-order valence-corrected chi connectivity index (χ2v) is 5.33. The third-order valence-electron chi connectivity index (χ3n) is 2.59. The lowest BCUT2D eigenvalue weighted by molar-refractivity contribution is 0.544. The van der Waals surface area contributed by atoms with Crippen LogP contribution < -0.4 is 0 Å². The lowest BCUT2D eigenvalue weighted by atomic mass is 9.95. The van der Waals surface area contributed by atoms with E-state index in [2.05, 4.69) is 42.9 Å². The number of hydrogen-bond donors (Lipinski definition) is 0. The fourth-order valence-electron chi connectivity index (χ4n) is 1.66. The van der Waals surface area contributed by atoms with Crippen LogP contribution in [0.4, 0.5) is 0 Å². The molecule has 88 valence electrons. The highest BCUT2D eigenvalue weighted by Crippen LogP contribution is 2.23. The number of nitrogens with zero attached hydrogens (tertiary/aromatic N) is 2. The zero-order chi connectivity index (χ0) is 12.5. The molecule has 1 aromatic carbocycles. The summed E-state index contributed by atoms with van der Waals surface area (Å²) < 4.78 is 0. The van der Waals surface area contributed by atoms with E-state index in [1.807, 2.05) is 31.2 Å². The highest BCUT2D eigenvalue weighted by Gasteiger charge is 2.18. The molecule has 0 saturated heterocycles. The van der Waals surface area contributed by atoms with E-state index >= 15 is 0 Å². The van der Waals surface area contributed by atoms with Crippen LogP contribution in [0.25, 0.3) is 11.3 Å². The van der Waals surface area contributed by atoms with Crippen LogP contribution in [-0.2, 0) is 5.41 Å². The van der Waals surface area contributed by atoms with Crippen LogP contribution in [0.1, 0.15) is 32.3 Å². The molecule has 2 heteroatoms. The molecular formula is C15H18N2. The number of benzene rings is 1. The number of rotatable bonds is 1. The minimum atomic E-state index is -0.0183. The molecule has 0 aliphatic rings. The van der Waals surface area contributed by atoms with Gasteiger partial charge in [-0.15, -0.1) is 0 Å². The smallest absolute Gasteiger partial charge is 0.134 e. The fraction of sp³-hybridized carbons (Fsp3) is 0.333. The fourth-order valence-corrected chi connectivity index (χ4v) is 1.66. The first kappa shape index (κ1) is 11.8. The summed E-state index contributed by atoms with van der Waals surface area (Å²) in [5.41, 5.74) is 3.14. The first-order chi connectivity index (χ1) is 7.97. The second-order valence-electron chi connectivity index (χ2n) is 5.33. The Kier molecular flexibility index (Phi) is 2.97. The topological polar surface area (TPSA) is 25.8 Å². The van der Waals surface area contributed by atoms with Gasteiger partial charge in [-0.1, -0.05) is 51.1 Å². The predicted molar refractivity (Wildman–Crippen MR) is 70.9 cm³/mol. The van der Waals surface area contributed by atoms with Crippen molar-refractivity contribution >= 4 is 0 Å². The lowest BCUT2D eigenvalue weighted by Crippen LogP contribution is -2.17. The first-order valence-corrected chi connectivity index (χ1v) is 5.88. The van der Waals surface area contributed by atoms with Crippen molar-refractivity contribution in [1.29, 1.82) is 0 Å². The van der Waals surface area contributed by atoms with Crippen LogP contribution in [0, 0.1) is 6.92 Å². The van der Waals surface area contributed by atoms with Crippen molar-refractivity contribution in [2.24, 2.45) is 0 Å². The van der Waals surface area contributed by atoms with Crippen molar-refractivity contribution < 1.29 is 0 Å². The predicted octanol–water partition coefficient (Wildman–Crippen LogP) is 3.75. The standard InChI is InChI=1S/C15H18N2/c1-11-10-13(12-8-6-5-7-9-12)17-14(16-11)15(2,3)4/h5-10H,1-4H3. The molecule has 2 aromatic rings. The van der Waals surface area contributed by atoms with E-state index < -0.39 is 0 Å². The molecule has 0 aliphatic heterocycles. The third kappa shape index (κ3) is 2.70. The molecule has 1 heterocycles. The summed E-state index contributed by atoms with van der Waals surface area (Å²) in [6, 6.07) is 12.3. The average molecular weight is 226 g/mol. The molecule has 2 nitrogen and oxygen atoms in total. The Labute approximate surface area is 103 Å². The van der Waals surface area contributed by atoms with E-state index in [1.54, 1.807) is 0 Å². The highest BCUT2D eigenvalue weighted by atomic mass is 14.9. The van der Waals surface area contributed by atoms with Gasteiger partial charge in [0.1, 0.15) is 5.82 Å². The van der Waals surface area contributed by atoms with Crippen molar-refractivity contribution in [3.63, 3.8) is 0 Å². The maximum atomic E-state index is 4.66. The molecule has 0 N–H and O–H groups in total. The van der Waals surface area contributed by atoms with Gasteiger partial charge in [-0.05, 0) is 13.0 Å². The van der Waals surface area contributed by atoms with Gasteiger partial charge in [-0.2, -0.15) is 0 Å². The van der Waals surface area contributed by atoms with E-state index in [4.69, 9.17) is 0 Å². The Morgan fingerprint density at radius 2 is 1.59 bits per heavy atom. The average Bonchev–Trinajstić information content (AvgIpc) is 2.28. The van der Waals surface area contributed by atoms with Gasteiger partial charge in [0, 0.05) is 16.7 Å². The van der Waals surface area contributed by atoms with Crippen LogP contribution in [0.5, 0.6) is 0 Å². The number of aryl methyl sites for hydroxylation is 1. The van der Waals surface area contributed by atoms with Gasteiger partial charge < -0.3 is 0 Å². The summed E-state index contributed by atoms with van der Waals surface area (Å²) in [7, 11) is 0. The molecule has 2 rings (SSSR count). The Balaban J connectivity index is 2.54. The van der Waals surface area contributed by atoms with Crippen LogP contribution >= 0.6 is 0 Å². The van der Waals surface area contributed by atoms with E-state index in [1.165, 1.54) is 0 Å². The molecule has 0 saturated carbocycles. The first-order valence-electron chi connectivity index (χ1n) is 5.88. The van der Waals surface area contributed by atoms with Crippen molar-refractivity contribution in [2.75, 3.05) is 0 Å². The normalized spacial score (nSPS) is 11.5. The maximum absolute atomic E-state index is 4.66. The van der Waals surface area contributed by atoms with E-state index in [9.17, 15) is 0 Å².